The Morgan fingerprint density at radius 3 is 2.44 bits per heavy atom. The molecule has 0 saturated heterocycles. The molecule has 1 rings (SSSR count). The van der Waals surface area contributed by atoms with Crippen molar-refractivity contribution in [2.75, 3.05) is 6.54 Å². The molecule has 3 nitrogen and oxygen atoms in total. The van der Waals surface area contributed by atoms with Crippen molar-refractivity contribution in [1.29, 1.82) is 0 Å². The summed E-state index contributed by atoms with van der Waals surface area (Å²) in [5, 5.41) is 0. The highest BCUT2D eigenvalue weighted by atomic mass is 16.2. The predicted molar refractivity (Wildman–Crippen MR) is 63.7 cm³/mol. The molecule has 0 aromatic rings. The zero-order chi connectivity index (χ0) is 12.0. The van der Waals surface area contributed by atoms with E-state index in [0.29, 0.717) is 18.9 Å². The fraction of sp³-hybridized carbons (Fsp3) is 0.692. The van der Waals surface area contributed by atoms with E-state index in [4.69, 9.17) is 0 Å². The molecule has 90 valence electrons. The van der Waals surface area contributed by atoms with Crippen LogP contribution in [0.5, 0.6) is 0 Å². The molecule has 1 fully saturated rings. The lowest BCUT2D eigenvalue weighted by atomic mass is 9.83. The number of hydrogen-bond donors (Lipinski definition) is 0. The number of nitrogens with zero attached hydrogens (tertiary/aromatic N) is 1. The van der Waals surface area contributed by atoms with E-state index in [0.717, 1.165) is 18.8 Å². The van der Waals surface area contributed by atoms with Crippen LogP contribution in [-0.4, -0.2) is 23.8 Å². The Morgan fingerprint density at radius 2 is 1.94 bits per heavy atom. The van der Waals surface area contributed by atoms with E-state index >= 15 is 0 Å². The molecular weight excluding hydrogens is 202 g/mol. The van der Waals surface area contributed by atoms with Gasteiger partial charge in [0, 0.05) is 6.54 Å². The van der Waals surface area contributed by atoms with Gasteiger partial charge in [-0.1, -0.05) is 25.8 Å². The van der Waals surface area contributed by atoms with Gasteiger partial charge in [-0.2, -0.15) is 0 Å². The molecule has 0 radical (unpaired) electrons. The van der Waals surface area contributed by atoms with Crippen LogP contribution >= 0.6 is 0 Å². The molecule has 0 N–H and O–H groups in total. The molecule has 1 aliphatic rings. The summed E-state index contributed by atoms with van der Waals surface area (Å²) in [6.45, 7) is 4.63. The highest BCUT2D eigenvalue weighted by Gasteiger charge is 2.21. The fourth-order valence-electron chi connectivity index (χ4n) is 2.21. The number of imide groups is 1. The van der Waals surface area contributed by atoms with E-state index in [1.54, 1.807) is 13.0 Å². The molecule has 0 aromatic carbocycles. The smallest absolute Gasteiger partial charge is 0.252 e. The minimum absolute atomic E-state index is 0.198. The summed E-state index contributed by atoms with van der Waals surface area (Å²) in [7, 11) is 0. The average molecular weight is 223 g/mol. The van der Waals surface area contributed by atoms with Crippen LogP contribution in [0, 0.1) is 11.8 Å². The third kappa shape index (κ3) is 3.80. The molecule has 0 aliphatic heterocycles. The first-order chi connectivity index (χ1) is 7.67. The highest BCUT2D eigenvalue weighted by molar-refractivity contribution is 5.94. The Labute approximate surface area is 97.5 Å². The van der Waals surface area contributed by atoms with Gasteiger partial charge in [-0.25, -0.2) is 0 Å². The lowest BCUT2D eigenvalue weighted by Gasteiger charge is -2.28. The van der Waals surface area contributed by atoms with E-state index in [-0.39, 0.29) is 5.91 Å². The van der Waals surface area contributed by atoms with E-state index in [9.17, 15) is 9.59 Å². The second-order valence-corrected chi connectivity index (χ2v) is 4.72. The van der Waals surface area contributed by atoms with Crippen molar-refractivity contribution < 1.29 is 9.59 Å². The van der Waals surface area contributed by atoms with Crippen LogP contribution in [0.15, 0.2) is 12.2 Å². The first kappa shape index (κ1) is 12.9. The monoisotopic (exact) mass is 223 g/mol. The third-order valence-corrected chi connectivity index (χ3v) is 3.31. The van der Waals surface area contributed by atoms with E-state index < -0.39 is 0 Å². The maximum Gasteiger partial charge on any atom is 0.252 e. The van der Waals surface area contributed by atoms with Gasteiger partial charge in [-0.15, -0.1) is 0 Å². The predicted octanol–water partition coefficient (Wildman–Crippen LogP) is 2.37. The molecule has 0 heterocycles. The summed E-state index contributed by atoms with van der Waals surface area (Å²) in [5.41, 5.74) is 0. The zero-order valence-corrected chi connectivity index (χ0v) is 10.2. The second kappa shape index (κ2) is 6.46. The first-order valence-electron chi connectivity index (χ1n) is 6.06. The van der Waals surface area contributed by atoms with Crippen LogP contribution in [0.25, 0.3) is 0 Å². The normalized spacial score (nSPS) is 25.6. The van der Waals surface area contributed by atoms with E-state index in [1.807, 2.05) is 0 Å². The summed E-state index contributed by atoms with van der Waals surface area (Å²) in [6, 6.07) is 0. The van der Waals surface area contributed by atoms with Gasteiger partial charge in [0.15, 0.2) is 0 Å². The van der Waals surface area contributed by atoms with Gasteiger partial charge in [0.25, 0.3) is 5.91 Å². The first-order valence-corrected chi connectivity index (χ1v) is 6.06. The van der Waals surface area contributed by atoms with Crippen LogP contribution in [0.2, 0.25) is 0 Å². The molecule has 0 unspecified atom stereocenters. The standard InChI is InChI=1S/C13H21NO2/c1-3-4-13(16)14(10-15)9-12-7-5-11(2)6-8-12/h3-4,10-12H,5-9H2,1-2H3/b4-3-. The number of carbonyl (C=O) groups excluding carboxylic acids is 2. The molecule has 16 heavy (non-hydrogen) atoms. The number of allylic oxidation sites excluding steroid dienone is 1. The van der Waals surface area contributed by atoms with Crippen molar-refractivity contribution in [2.45, 2.75) is 39.5 Å². The summed E-state index contributed by atoms with van der Waals surface area (Å²) in [4.78, 5) is 23.6. The molecule has 0 bridgehead atoms. The molecule has 0 atom stereocenters. The van der Waals surface area contributed by atoms with Gasteiger partial charge in [0.2, 0.25) is 6.41 Å². The van der Waals surface area contributed by atoms with Gasteiger partial charge in [0.05, 0.1) is 0 Å². The van der Waals surface area contributed by atoms with Gasteiger partial charge in [0.1, 0.15) is 0 Å². The van der Waals surface area contributed by atoms with Gasteiger partial charge < -0.3 is 0 Å². The van der Waals surface area contributed by atoms with E-state index in [2.05, 4.69) is 6.92 Å². The van der Waals surface area contributed by atoms with Crippen molar-refractivity contribution in [2.24, 2.45) is 11.8 Å². The number of hydrogen-bond acceptors (Lipinski definition) is 2. The van der Waals surface area contributed by atoms with Crippen molar-refractivity contribution in [3.8, 4) is 0 Å². The lowest BCUT2D eigenvalue weighted by Crippen LogP contribution is -2.34. The Morgan fingerprint density at radius 1 is 1.31 bits per heavy atom. The van der Waals surface area contributed by atoms with Gasteiger partial charge in [-0.05, 0) is 37.7 Å². The van der Waals surface area contributed by atoms with Crippen LogP contribution in [0.4, 0.5) is 0 Å². The maximum atomic E-state index is 11.5. The topological polar surface area (TPSA) is 37.4 Å². The third-order valence-electron chi connectivity index (χ3n) is 3.31. The Kier molecular flexibility index (Phi) is 5.23. The second-order valence-electron chi connectivity index (χ2n) is 4.72. The molecule has 1 saturated carbocycles. The number of rotatable bonds is 4. The van der Waals surface area contributed by atoms with Crippen LogP contribution in [0.1, 0.15) is 39.5 Å². The minimum Gasteiger partial charge on any atom is -0.281 e. The Hall–Kier alpha value is -1.12. The van der Waals surface area contributed by atoms with Gasteiger partial charge in [-0.3, -0.25) is 14.5 Å². The van der Waals surface area contributed by atoms with Crippen molar-refractivity contribution in [1.82, 2.24) is 4.90 Å². The zero-order valence-electron chi connectivity index (χ0n) is 10.2. The lowest BCUT2D eigenvalue weighted by molar-refractivity contribution is -0.135. The minimum atomic E-state index is -0.198. The van der Waals surface area contributed by atoms with E-state index in [1.165, 1.54) is 23.8 Å². The Bertz CT molecular complexity index is 265. The van der Waals surface area contributed by atoms with Gasteiger partial charge >= 0.3 is 0 Å². The summed E-state index contributed by atoms with van der Waals surface area (Å²) < 4.78 is 0. The van der Waals surface area contributed by atoms with Crippen molar-refractivity contribution >= 4 is 12.3 Å². The largest absolute Gasteiger partial charge is 0.281 e. The molecule has 1 aliphatic carbocycles. The van der Waals surface area contributed by atoms with Crippen molar-refractivity contribution in [3.63, 3.8) is 0 Å². The molecule has 0 spiro atoms. The Balaban J connectivity index is 2.44. The maximum absolute atomic E-state index is 11.5. The van der Waals surface area contributed by atoms with Crippen LogP contribution in [0.3, 0.4) is 0 Å². The molecule has 3 heteroatoms. The quantitative estimate of drug-likeness (QED) is 0.542. The van der Waals surface area contributed by atoms with Crippen LogP contribution < -0.4 is 0 Å². The van der Waals surface area contributed by atoms with Crippen molar-refractivity contribution in [3.05, 3.63) is 12.2 Å². The highest BCUT2D eigenvalue weighted by Crippen LogP contribution is 2.28. The number of carbonyl (C=O) groups is 2. The summed E-state index contributed by atoms with van der Waals surface area (Å²) in [6.07, 6.45) is 8.47. The molecule has 0 aromatic heterocycles. The number of amides is 2. The fourth-order valence-corrected chi connectivity index (χ4v) is 2.21. The summed E-state index contributed by atoms with van der Waals surface area (Å²) in [5.74, 6) is 1.10. The average Bonchev–Trinajstić information content (AvgIpc) is 2.28. The van der Waals surface area contributed by atoms with Crippen LogP contribution in [-0.2, 0) is 9.59 Å². The molecular formula is C13H21NO2. The SMILES string of the molecule is C/C=C\C(=O)N(C=O)CC1CCC(C)CC1. The molecule has 2 amide bonds. The summed E-state index contributed by atoms with van der Waals surface area (Å²) >= 11 is 0.